The number of benzene rings is 1. The van der Waals surface area contributed by atoms with Crippen molar-refractivity contribution in [2.75, 3.05) is 13.1 Å². The molecule has 1 atom stereocenters. The van der Waals surface area contributed by atoms with Gasteiger partial charge in [-0.1, -0.05) is 23.7 Å². The Bertz CT molecular complexity index is 350. The van der Waals surface area contributed by atoms with Gasteiger partial charge in [-0.05, 0) is 24.1 Å². The molecule has 2 rings (SSSR count). The number of piperazine rings is 1. The van der Waals surface area contributed by atoms with Gasteiger partial charge in [0.25, 0.3) is 0 Å². The Hall–Kier alpha value is -1.06. The third-order valence-corrected chi connectivity index (χ3v) is 2.69. The summed E-state index contributed by atoms with van der Waals surface area (Å²) < 4.78 is 0. The minimum atomic E-state index is 0.0696. The Balaban J connectivity index is 1.96. The molecule has 80 valence electrons. The lowest BCUT2D eigenvalue weighted by atomic mass is 10.0. The number of hydrogen-bond acceptors (Lipinski definition) is 2. The lowest BCUT2D eigenvalue weighted by Crippen LogP contribution is -2.52. The van der Waals surface area contributed by atoms with Crippen LogP contribution in [-0.2, 0) is 11.2 Å². The van der Waals surface area contributed by atoms with Gasteiger partial charge in [-0.15, -0.1) is 0 Å². The molecular formula is C11H13ClN2O. The Morgan fingerprint density at radius 3 is 2.73 bits per heavy atom. The Morgan fingerprint density at radius 1 is 1.33 bits per heavy atom. The number of halogens is 1. The monoisotopic (exact) mass is 224 g/mol. The van der Waals surface area contributed by atoms with Gasteiger partial charge in [0, 0.05) is 17.6 Å². The number of hydrogen-bond donors (Lipinski definition) is 2. The van der Waals surface area contributed by atoms with Crippen LogP contribution >= 0.6 is 11.6 Å². The van der Waals surface area contributed by atoms with Crippen LogP contribution in [0.4, 0.5) is 0 Å². The highest BCUT2D eigenvalue weighted by molar-refractivity contribution is 6.30. The highest BCUT2D eigenvalue weighted by Crippen LogP contribution is 2.11. The van der Waals surface area contributed by atoms with E-state index in [0.29, 0.717) is 6.54 Å². The minimum absolute atomic E-state index is 0.0696. The predicted molar refractivity (Wildman–Crippen MR) is 60.0 cm³/mol. The quantitative estimate of drug-likeness (QED) is 0.786. The molecule has 0 aromatic heterocycles. The Labute approximate surface area is 93.8 Å². The lowest BCUT2D eigenvalue weighted by molar-refractivity contribution is -0.122. The molecular weight excluding hydrogens is 212 g/mol. The normalized spacial score (nSPS) is 21.1. The van der Waals surface area contributed by atoms with Gasteiger partial charge in [0.15, 0.2) is 0 Å². The van der Waals surface area contributed by atoms with Crippen LogP contribution < -0.4 is 10.6 Å². The molecule has 2 N–H and O–H groups in total. The molecule has 1 aromatic carbocycles. The molecule has 4 heteroatoms. The topological polar surface area (TPSA) is 41.1 Å². The third-order valence-electron chi connectivity index (χ3n) is 2.44. The summed E-state index contributed by atoms with van der Waals surface area (Å²) in [6.45, 7) is 1.26. The second kappa shape index (κ2) is 4.64. The zero-order valence-corrected chi connectivity index (χ0v) is 9.05. The summed E-state index contributed by atoms with van der Waals surface area (Å²) in [5, 5.41) is 6.76. The van der Waals surface area contributed by atoms with Gasteiger partial charge in [-0.2, -0.15) is 0 Å². The van der Waals surface area contributed by atoms with Crippen LogP contribution in [0.3, 0.4) is 0 Å². The zero-order chi connectivity index (χ0) is 10.7. The van der Waals surface area contributed by atoms with Crippen LogP contribution in [0, 0.1) is 0 Å². The van der Waals surface area contributed by atoms with Crippen molar-refractivity contribution in [3.8, 4) is 0 Å². The van der Waals surface area contributed by atoms with Gasteiger partial charge in [0.1, 0.15) is 0 Å². The zero-order valence-electron chi connectivity index (χ0n) is 8.29. The standard InChI is InChI=1S/C11H13ClN2O/c12-9-3-1-8(2-4-9)5-10-6-13-7-11(15)14-10/h1-4,10,13H,5-7H2,(H,14,15)/t10-/m0/s1. The Morgan fingerprint density at radius 2 is 2.07 bits per heavy atom. The molecule has 0 aliphatic carbocycles. The van der Waals surface area contributed by atoms with Crippen molar-refractivity contribution in [1.29, 1.82) is 0 Å². The number of carbonyl (C=O) groups is 1. The van der Waals surface area contributed by atoms with Crippen molar-refractivity contribution in [2.45, 2.75) is 12.5 Å². The maximum absolute atomic E-state index is 11.1. The van der Waals surface area contributed by atoms with Gasteiger partial charge in [0.2, 0.25) is 5.91 Å². The molecule has 0 unspecified atom stereocenters. The molecule has 1 heterocycles. The van der Waals surface area contributed by atoms with E-state index in [4.69, 9.17) is 11.6 Å². The molecule has 0 spiro atoms. The van der Waals surface area contributed by atoms with E-state index in [1.54, 1.807) is 0 Å². The summed E-state index contributed by atoms with van der Waals surface area (Å²) in [4.78, 5) is 11.1. The van der Waals surface area contributed by atoms with Gasteiger partial charge < -0.3 is 10.6 Å². The molecule has 15 heavy (non-hydrogen) atoms. The summed E-state index contributed by atoms with van der Waals surface area (Å²) in [7, 11) is 0. The van der Waals surface area contributed by atoms with Crippen molar-refractivity contribution in [3.63, 3.8) is 0 Å². The first-order valence-corrected chi connectivity index (χ1v) is 5.36. The average molecular weight is 225 g/mol. The molecule has 1 aliphatic heterocycles. The molecule has 0 bridgehead atoms. The van der Waals surface area contributed by atoms with Crippen LogP contribution in [-0.4, -0.2) is 25.0 Å². The molecule has 1 aliphatic rings. The van der Waals surface area contributed by atoms with Gasteiger partial charge in [-0.25, -0.2) is 0 Å². The van der Waals surface area contributed by atoms with Gasteiger partial charge in [0.05, 0.1) is 6.54 Å². The lowest BCUT2D eigenvalue weighted by Gasteiger charge is -2.24. The first-order valence-electron chi connectivity index (χ1n) is 4.98. The first kappa shape index (κ1) is 10.5. The fraction of sp³-hybridized carbons (Fsp3) is 0.364. The van der Waals surface area contributed by atoms with E-state index in [2.05, 4.69) is 10.6 Å². The maximum Gasteiger partial charge on any atom is 0.234 e. The van der Waals surface area contributed by atoms with Crippen molar-refractivity contribution in [1.82, 2.24) is 10.6 Å². The van der Waals surface area contributed by atoms with Crippen molar-refractivity contribution >= 4 is 17.5 Å². The molecule has 1 amide bonds. The summed E-state index contributed by atoms with van der Waals surface area (Å²) >= 11 is 5.80. The fourth-order valence-corrected chi connectivity index (χ4v) is 1.84. The van der Waals surface area contributed by atoms with Crippen molar-refractivity contribution in [2.24, 2.45) is 0 Å². The van der Waals surface area contributed by atoms with E-state index in [9.17, 15) is 4.79 Å². The first-order chi connectivity index (χ1) is 7.24. The summed E-state index contributed by atoms with van der Waals surface area (Å²) in [5.74, 6) is 0.0696. The van der Waals surface area contributed by atoms with Crippen LogP contribution in [0.5, 0.6) is 0 Å². The second-order valence-corrected chi connectivity index (χ2v) is 4.16. The SMILES string of the molecule is O=C1CNC[C@H](Cc2ccc(Cl)cc2)N1. The van der Waals surface area contributed by atoms with Crippen LogP contribution in [0.2, 0.25) is 5.02 Å². The average Bonchev–Trinajstić information content (AvgIpc) is 2.22. The molecule has 0 saturated carbocycles. The van der Waals surface area contributed by atoms with E-state index < -0.39 is 0 Å². The van der Waals surface area contributed by atoms with E-state index >= 15 is 0 Å². The van der Waals surface area contributed by atoms with E-state index in [-0.39, 0.29) is 11.9 Å². The van der Waals surface area contributed by atoms with Crippen LogP contribution in [0.15, 0.2) is 24.3 Å². The molecule has 1 saturated heterocycles. The van der Waals surface area contributed by atoms with E-state index in [0.717, 1.165) is 18.0 Å². The van der Waals surface area contributed by atoms with E-state index in [1.165, 1.54) is 5.56 Å². The number of nitrogens with one attached hydrogen (secondary N) is 2. The Kier molecular flexibility index (Phi) is 3.23. The molecule has 3 nitrogen and oxygen atoms in total. The largest absolute Gasteiger partial charge is 0.351 e. The third kappa shape index (κ3) is 2.94. The minimum Gasteiger partial charge on any atom is -0.351 e. The molecule has 0 radical (unpaired) electrons. The molecule has 1 fully saturated rings. The van der Waals surface area contributed by atoms with Gasteiger partial charge >= 0.3 is 0 Å². The number of carbonyl (C=O) groups excluding carboxylic acids is 1. The van der Waals surface area contributed by atoms with Crippen LogP contribution in [0.25, 0.3) is 0 Å². The number of rotatable bonds is 2. The smallest absolute Gasteiger partial charge is 0.234 e. The van der Waals surface area contributed by atoms with Crippen LogP contribution in [0.1, 0.15) is 5.56 Å². The second-order valence-electron chi connectivity index (χ2n) is 3.73. The van der Waals surface area contributed by atoms with Crippen molar-refractivity contribution in [3.05, 3.63) is 34.9 Å². The summed E-state index contributed by atoms with van der Waals surface area (Å²) in [6.07, 6.45) is 0.843. The fourth-order valence-electron chi connectivity index (χ4n) is 1.72. The highest BCUT2D eigenvalue weighted by atomic mass is 35.5. The van der Waals surface area contributed by atoms with Crippen molar-refractivity contribution < 1.29 is 4.79 Å². The van der Waals surface area contributed by atoms with Gasteiger partial charge in [-0.3, -0.25) is 4.79 Å². The van der Waals surface area contributed by atoms with E-state index in [1.807, 2.05) is 24.3 Å². The highest BCUT2D eigenvalue weighted by Gasteiger charge is 2.17. The molecule has 1 aromatic rings. The summed E-state index contributed by atoms with van der Waals surface area (Å²) in [6, 6.07) is 7.91. The summed E-state index contributed by atoms with van der Waals surface area (Å²) in [5.41, 5.74) is 1.19. The maximum atomic E-state index is 11.1. The number of amides is 1. The predicted octanol–water partition coefficient (Wildman–Crippen LogP) is 0.970.